The highest BCUT2D eigenvalue weighted by Gasteiger charge is 2.27. The smallest absolute Gasteiger partial charge is 0.339 e. The standard InChI is InChI=1S/C14H13N3O4S/c18-11-5-8(1-2-10(11)13(20)21)16-12(19)6-9-7-22-14-15-3-4-17(9)14/h1-2,5,7,18H,3-4,6H2,(H,16,19)(H,20,21). The number of amidine groups is 1. The average molecular weight is 319 g/mol. The van der Waals surface area contributed by atoms with Crippen molar-refractivity contribution < 1.29 is 19.8 Å². The number of hydrogen-bond acceptors (Lipinski definition) is 6. The van der Waals surface area contributed by atoms with Gasteiger partial charge in [0.05, 0.1) is 13.0 Å². The molecule has 3 N–H and O–H groups in total. The molecule has 0 fully saturated rings. The molecule has 8 heteroatoms. The maximum Gasteiger partial charge on any atom is 0.339 e. The largest absolute Gasteiger partial charge is 0.507 e. The van der Waals surface area contributed by atoms with Crippen LogP contribution in [0.4, 0.5) is 5.69 Å². The number of aromatic hydroxyl groups is 1. The van der Waals surface area contributed by atoms with E-state index in [4.69, 9.17) is 5.11 Å². The van der Waals surface area contributed by atoms with E-state index in [0.29, 0.717) is 5.69 Å². The summed E-state index contributed by atoms with van der Waals surface area (Å²) in [6.45, 7) is 1.53. The Hall–Kier alpha value is -2.48. The van der Waals surface area contributed by atoms with Crippen LogP contribution in [0.5, 0.6) is 5.75 Å². The van der Waals surface area contributed by atoms with Gasteiger partial charge in [0.2, 0.25) is 5.91 Å². The second-order valence-electron chi connectivity index (χ2n) is 4.81. The number of nitrogens with one attached hydrogen (secondary N) is 1. The molecule has 0 saturated heterocycles. The fourth-order valence-corrected chi connectivity index (χ4v) is 3.23. The van der Waals surface area contributed by atoms with E-state index in [-0.39, 0.29) is 23.6 Å². The van der Waals surface area contributed by atoms with E-state index < -0.39 is 5.97 Å². The zero-order chi connectivity index (χ0) is 15.7. The van der Waals surface area contributed by atoms with Crippen LogP contribution in [0, 0.1) is 0 Å². The Balaban J connectivity index is 1.64. The van der Waals surface area contributed by atoms with Crippen LogP contribution in [0.2, 0.25) is 0 Å². The van der Waals surface area contributed by atoms with Crippen molar-refractivity contribution >= 4 is 34.5 Å². The number of carbonyl (C=O) groups excluding carboxylic acids is 1. The molecule has 22 heavy (non-hydrogen) atoms. The number of aromatic carboxylic acids is 1. The van der Waals surface area contributed by atoms with Crippen molar-refractivity contribution in [1.29, 1.82) is 0 Å². The number of rotatable bonds is 4. The van der Waals surface area contributed by atoms with Crippen molar-refractivity contribution in [3.63, 3.8) is 0 Å². The average Bonchev–Trinajstić information content (AvgIpc) is 3.03. The molecule has 0 saturated carbocycles. The summed E-state index contributed by atoms with van der Waals surface area (Å²) in [5.74, 6) is -1.83. The van der Waals surface area contributed by atoms with Crippen molar-refractivity contribution in [1.82, 2.24) is 4.90 Å². The van der Waals surface area contributed by atoms with Gasteiger partial charge in [0.1, 0.15) is 11.3 Å². The Bertz CT molecular complexity index is 714. The van der Waals surface area contributed by atoms with Crippen LogP contribution < -0.4 is 5.32 Å². The van der Waals surface area contributed by atoms with Gasteiger partial charge >= 0.3 is 5.97 Å². The van der Waals surface area contributed by atoms with Crippen molar-refractivity contribution in [2.75, 3.05) is 18.4 Å². The van der Waals surface area contributed by atoms with E-state index in [1.807, 2.05) is 10.3 Å². The molecule has 0 aliphatic carbocycles. The highest BCUT2D eigenvalue weighted by Crippen LogP contribution is 2.31. The first-order valence-electron chi connectivity index (χ1n) is 6.58. The molecule has 1 aromatic rings. The van der Waals surface area contributed by atoms with Crippen LogP contribution in [0.1, 0.15) is 16.8 Å². The predicted octanol–water partition coefficient (Wildman–Crippen LogP) is 1.68. The number of phenols is 1. The summed E-state index contributed by atoms with van der Waals surface area (Å²) in [6.07, 6.45) is 0.202. The van der Waals surface area contributed by atoms with E-state index in [2.05, 4.69) is 10.3 Å². The van der Waals surface area contributed by atoms with Crippen molar-refractivity contribution in [3.05, 3.63) is 34.9 Å². The van der Waals surface area contributed by atoms with Gasteiger partial charge in [0.25, 0.3) is 0 Å². The van der Waals surface area contributed by atoms with E-state index in [1.54, 1.807) is 0 Å². The zero-order valence-electron chi connectivity index (χ0n) is 11.4. The number of carboxylic acids is 1. The van der Waals surface area contributed by atoms with Crippen molar-refractivity contribution in [3.8, 4) is 5.75 Å². The second-order valence-corrected chi connectivity index (χ2v) is 5.64. The van der Waals surface area contributed by atoms with Gasteiger partial charge < -0.3 is 20.4 Å². The van der Waals surface area contributed by atoms with Crippen LogP contribution in [0.15, 0.2) is 34.3 Å². The summed E-state index contributed by atoms with van der Waals surface area (Å²) < 4.78 is 0. The molecule has 0 radical (unpaired) electrons. The lowest BCUT2D eigenvalue weighted by Gasteiger charge is -2.16. The molecule has 0 unspecified atom stereocenters. The minimum atomic E-state index is -1.22. The Morgan fingerprint density at radius 1 is 1.41 bits per heavy atom. The lowest BCUT2D eigenvalue weighted by atomic mass is 10.2. The molecular formula is C14H13N3O4S. The molecule has 0 atom stereocenters. The molecule has 0 aromatic heterocycles. The number of anilines is 1. The van der Waals surface area contributed by atoms with E-state index in [0.717, 1.165) is 24.0 Å². The molecule has 7 nitrogen and oxygen atoms in total. The third-order valence-corrected chi connectivity index (χ3v) is 4.25. The van der Waals surface area contributed by atoms with Crippen molar-refractivity contribution in [2.24, 2.45) is 4.99 Å². The molecule has 1 aromatic carbocycles. The first kappa shape index (κ1) is 14.5. The first-order valence-corrected chi connectivity index (χ1v) is 7.46. The van der Waals surface area contributed by atoms with Gasteiger partial charge in [-0.3, -0.25) is 9.79 Å². The van der Waals surface area contributed by atoms with Crippen LogP contribution in [-0.4, -0.2) is 45.2 Å². The van der Waals surface area contributed by atoms with Gasteiger partial charge in [-0.25, -0.2) is 4.79 Å². The molecule has 3 rings (SSSR count). The predicted molar refractivity (Wildman–Crippen MR) is 83.0 cm³/mol. The van der Waals surface area contributed by atoms with Gasteiger partial charge in [0.15, 0.2) is 5.17 Å². The fraction of sp³-hybridized carbons (Fsp3) is 0.214. The molecule has 2 aliphatic rings. The van der Waals surface area contributed by atoms with Crippen LogP contribution in [0.25, 0.3) is 0 Å². The third-order valence-electron chi connectivity index (χ3n) is 3.30. The lowest BCUT2D eigenvalue weighted by Crippen LogP contribution is -2.24. The summed E-state index contributed by atoms with van der Waals surface area (Å²) >= 11 is 1.51. The van der Waals surface area contributed by atoms with Gasteiger partial charge in [-0.1, -0.05) is 11.8 Å². The Labute approximate surface area is 130 Å². The van der Waals surface area contributed by atoms with E-state index in [9.17, 15) is 14.7 Å². The Kier molecular flexibility index (Phi) is 3.76. The highest BCUT2D eigenvalue weighted by atomic mass is 32.2. The molecular weight excluding hydrogens is 306 g/mol. The summed E-state index contributed by atoms with van der Waals surface area (Å²) in [5.41, 5.74) is 1.05. The first-order chi connectivity index (χ1) is 10.5. The number of amides is 1. The zero-order valence-corrected chi connectivity index (χ0v) is 12.3. The van der Waals surface area contributed by atoms with Crippen LogP contribution >= 0.6 is 11.8 Å². The minimum Gasteiger partial charge on any atom is -0.507 e. The number of benzene rings is 1. The number of aliphatic imine (C=N–C) groups is 1. The Morgan fingerprint density at radius 2 is 2.23 bits per heavy atom. The van der Waals surface area contributed by atoms with Gasteiger partial charge in [0, 0.05) is 24.0 Å². The van der Waals surface area contributed by atoms with Gasteiger partial charge in [-0.05, 0) is 17.5 Å². The monoisotopic (exact) mass is 319 g/mol. The number of nitrogens with zero attached hydrogens (tertiary/aromatic N) is 2. The number of carboxylic acid groups (broad SMARTS) is 1. The summed E-state index contributed by atoms with van der Waals surface area (Å²) in [4.78, 5) is 29.2. The topological polar surface area (TPSA) is 102 Å². The maximum atomic E-state index is 12.1. The molecule has 2 aliphatic heterocycles. The quantitative estimate of drug-likeness (QED) is 0.780. The fourth-order valence-electron chi connectivity index (χ4n) is 2.28. The molecule has 2 heterocycles. The highest BCUT2D eigenvalue weighted by molar-refractivity contribution is 8.16. The normalized spacial score (nSPS) is 16.1. The number of carbonyl (C=O) groups is 2. The molecule has 0 spiro atoms. The number of hydrogen-bond donors (Lipinski definition) is 3. The number of thioether (sulfide) groups is 1. The molecule has 114 valence electrons. The maximum absolute atomic E-state index is 12.1. The number of fused-ring (bicyclic) bond motifs is 1. The van der Waals surface area contributed by atoms with Gasteiger partial charge in [-0.15, -0.1) is 0 Å². The second kappa shape index (κ2) is 5.72. The molecule has 0 bridgehead atoms. The lowest BCUT2D eigenvalue weighted by molar-refractivity contribution is -0.115. The third kappa shape index (κ3) is 2.77. The van der Waals surface area contributed by atoms with Crippen molar-refractivity contribution in [2.45, 2.75) is 6.42 Å². The SMILES string of the molecule is O=C(CC1=CSC2=NCCN12)Nc1ccc(C(=O)O)c(O)c1. The van der Waals surface area contributed by atoms with E-state index in [1.165, 1.54) is 30.0 Å². The minimum absolute atomic E-state index is 0.202. The molecule has 1 amide bonds. The van der Waals surface area contributed by atoms with Crippen LogP contribution in [0.3, 0.4) is 0 Å². The van der Waals surface area contributed by atoms with Crippen LogP contribution in [-0.2, 0) is 4.79 Å². The van der Waals surface area contributed by atoms with Gasteiger partial charge in [-0.2, -0.15) is 0 Å². The summed E-state index contributed by atoms with van der Waals surface area (Å²) in [5, 5.41) is 23.9. The Morgan fingerprint density at radius 3 is 2.95 bits per heavy atom. The summed E-state index contributed by atoms with van der Waals surface area (Å²) in [7, 11) is 0. The summed E-state index contributed by atoms with van der Waals surface area (Å²) in [6, 6.07) is 3.92. The van der Waals surface area contributed by atoms with E-state index >= 15 is 0 Å².